The van der Waals surface area contributed by atoms with Gasteiger partial charge in [0, 0.05) is 5.02 Å². The minimum atomic E-state index is -0.0413. The predicted molar refractivity (Wildman–Crippen MR) is 73.5 cm³/mol. The summed E-state index contributed by atoms with van der Waals surface area (Å²) in [5, 5.41) is 19.1. The number of aliphatic hydroxyl groups is 2. The van der Waals surface area contributed by atoms with Crippen LogP contribution in [0.25, 0.3) is 11.1 Å². The van der Waals surface area contributed by atoms with Gasteiger partial charge in [0.2, 0.25) is 0 Å². The topological polar surface area (TPSA) is 40.5 Å². The van der Waals surface area contributed by atoms with Gasteiger partial charge in [-0.15, -0.1) is 0 Å². The monoisotopic (exact) mass is 262 g/mol. The Labute approximate surface area is 111 Å². The van der Waals surface area contributed by atoms with Crippen LogP contribution in [0.1, 0.15) is 16.7 Å². The molecule has 94 valence electrons. The quantitative estimate of drug-likeness (QED) is 0.891. The van der Waals surface area contributed by atoms with Crippen molar-refractivity contribution in [2.24, 2.45) is 0 Å². The number of hydrogen-bond donors (Lipinski definition) is 2. The van der Waals surface area contributed by atoms with Crippen LogP contribution < -0.4 is 0 Å². The molecule has 0 unspecified atom stereocenters. The number of aryl methyl sites for hydroxylation is 1. The molecular formula is C15H15ClO2. The van der Waals surface area contributed by atoms with Gasteiger partial charge in [0.05, 0.1) is 13.2 Å². The van der Waals surface area contributed by atoms with Gasteiger partial charge in [0.25, 0.3) is 0 Å². The Morgan fingerprint density at radius 1 is 0.833 bits per heavy atom. The zero-order valence-corrected chi connectivity index (χ0v) is 10.9. The number of hydrogen-bond acceptors (Lipinski definition) is 2. The molecule has 0 saturated heterocycles. The minimum Gasteiger partial charge on any atom is -0.392 e. The first kappa shape index (κ1) is 13.1. The maximum Gasteiger partial charge on any atom is 0.0682 e. The molecule has 0 aliphatic rings. The fraction of sp³-hybridized carbons (Fsp3) is 0.200. The van der Waals surface area contributed by atoms with E-state index in [-0.39, 0.29) is 13.2 Å². The molecule has 0 aliphatic carbocycles. The van der Waals surface area contributed by atoms with Gasteiger partial charge in [-0.1, -0.05) is 23.7 Å². The van der Waals surface area contributed by atoms with E-state index in [1.807, 2.05) is 37.3 Å². The first-order valence-electron chi connectivity index (χ1n) is 5.74. The van der Waals surface area contributed by atoms with Crippen molar-refractivity contribution >= 4 is 11.6 Å². The highest BCUT2D eigenvalue weighted by molar-refractivity contribution is 6.30. The molecule has 0 heterocycles. The summed E-state index contributed by atoms with van der Waals surface area (Å²) in [6.45, 7) is 1.90. The fourth-order valence-electron chi connectivity index (χ4n) is 2.01. The summed E-state index contributed by atoms with van der Waals surface area (Å²) in [5.74, 6) is 0. The van der Waals surface area contributed by atoms with Gasteiger partial charge in [-0.3, -0.25) is 0 Å². The van der Waals surface area contributed by atoms with Crippen molar-refractivity contribution < 1.29 is 10.2 Å². The van der Waals surface area contributed by atoms with Crippen LogP contribution in [0.15, 0.2) is 36.4 Å². The average Bonchev–Trinajstić information content (AvgIpc) is 2.37. The molecule has 0 bridgehead atoms. The molecule has 0 radical (unpaired) electrons. The van der Waals surface area contributed by atoms with E-state index in [0.717, 1.165) is 27.8 Å². The average molecular weight is 263 g/mol. The summed E-state index contributed by atoms with van der Waals surface area (Å²) in [6, 6.07) is 11.4. The molecule has 2 aromatic rings. The van der Waals surface area contributed by atoms with Crippen molar-refractivity contribution in [1.82, 2.24) is 0 Å². The third-order valence-corrected chi connectivity index (χ3v) is 3.01. The Hall–Kier alpha value is -1.35. The van der Waals surface area contributed by atoms with Crippen molar-refractivity contribution in [2.45, 2.75) is 20.1 Å². The summed E-state index contributed by atoms with van der Waals surface area (Å²) in [5.41, 5.74) is 4.60. The number of benzene rings is 2. The van der Waals surface area contributed by atoms with Crippen molar-refractivity contribution in [2.75, 3.05) is 0 Å². The zero-order chi connectivity index (χ0) is 13.1. The lowest BCUT2D eigenvalue weighted by molar-refractivity contribution is 0.275. The Kier molecular flexibility index (Phi) is 4.02. The molecule has 0 fully saturated rings. The first-order chi connectivity index (χ1) is 8.62. The molecule has 0 saturated carbocycles. The summed E-state index contributed by atoms with van der Waals surface area (Å²) >= 11 is 6.05. The van der Waals surface area contributed by atoms with Crippen LogP contribution in [0.3, 0.4) is 0 Å². The molecule has 2 rings (SSSR count). The molecule has 2 aromatic carbocycles. The normalized spacial score (nSPS) is 10.7. The second-order valence-corrected chi connectivity index (χ2v) is 4.81. The smallest absolute Gasteiger partial charge is 0.0682 e. The van der Waals surface area contributed by atoms with Crippen LogP contribution in [-0.4, -0.2) is 10.2 Å². The van der Waals surface area contributed by atoms with Crippen LogP contribution in [-0.2, 0) is 13.2 Å². The lowest BCUT2D eigenvalue weighted by Gasteiger charge is -2.09. The minimum absolute atomic E-state index is 0.0413. The second-order valence-electron chi connectivity index (χ2n) is 4.37. The summed E-state index contributed by atoms with van der Waals surface area (Å²) < 4.78 is 0. The van der Waals surface area contributed by atoms with Gasteiger partial charge in [0.1, 0.15) is 0 Å². The van der Waals surface area contributed by atoms with Gasteiger partial charge in [-0.25, -0.2) is 0 Å². The van der Waals surface area contributed by atoms with Crippen LogP contribution in [0.5, 0.6) is 0 Å². The molecule has 0 aromatic heterocycles. The van der Waals surface area contributed by atoms with Crippen LogP contribution in [0.4, 0.5) is 0 Å². The van der Waals surface area contributed by atoms with E-state index in [9.17, 15) is 10.2 Å². The van der Waals surface area contributed by atoms with E-state index in [2.05, 4.69) is 0 Å². The first-order valence-corrected chi connectivity index (χ1v) is 6.12. The van der Waals surface area contributed by atoms with E-state index >= 15 is 0 Å². The van der Waals surface area contributed by atoms with E-state index in [1.165, 1.54) is 0 Å². The lowest BCUT2D eigenvalue weighted by atomic mass is 9.99. The highest BCUT2D eigenvalue weighted by atomic mass is 35.5. The van der Waals surface area contributed by atoms with Gasteiger partial charge < -0.3 is 10.2 Å². The third-order valence-electron chi connectivity index (χ3n) is 2.79. The Bertz CT molecular complexity index is 522. The summed E-state index contributed by atoms with van der Waals surface area (Å²) in [6.07, 6.45) is 0. The largest absolute Gasteiger partial charge is 0.392 e. The zero-order valence-electron chi connectivity index (χ0n) is 10.2. The maximum atomic E-state index is 9.23. The van der Waals surface area contributed by atoms with Crippen LogP contribution in [0.2, 0.25) is 5.02 Å². The Morgan fingerprint density at radius 2 is 1.39 bits per heavy atom. The molecule has 18 heavy (non-hydrogen) atoms. The lowest BCUT2D eigenvalue weighted by Crippen LogP contribution is -1.91. The highest BCUT2D eigenvalue weighted by Gasteiger charge is 2.04. The van der Waals surface area contributed by atoms with Gasteiger partial charge in [-0.2, -0.15) is 0 Å². The van der Waals surface area contributed by atoms with Crippen LogP contribution >= 0.6 is 11.6 Å². The summed E-state index contributed by atoms with van der Waals surface area (Å²) in [4.78, 5) is 0. The Balaban J connectivity index is 2.55. The van der Waals surface area contributed by atoms with E-state index in [4.69, 9.17) is 11.6 Å². The molecule has 0 aliphatic heterocycles. The molecule has 2 nitrogen and oxygen atoms in total. The highest BCUT2D eigenvalue weighted by Crippen LogP contribution is 2.26. The van der Waals surface area contributed by atoms with Crippen molar-refractivity contribution in [3.05, 3.63) is 58.1 Å². The Morgan fingerprint density at radius 3 is 1.89 bits per heavy atom. The molecular weight excluding hydrogens is 248 g/mol. The number of rotatable bonds is 3. The third kappa shape index (κ3) is 2.91. The second kappa shape index (κ2) is 5.53. The molecule has 2 N–H and O–H groups in total. The SMILES string of the molecule is Cc1cc(Cl)cc(-c2cc(CO)cc(CO)c2)c1. The van der Waals surface area contributed by atoms with E-state index < -0.39 is 0 Å². The van der Waals surface area contributed by atoms with Crippen LogP contribution in [0, 0.1) is 6.92 Å². The molecule has 3 heteroatoms. The molecule has 0 amide bonds. The fourth-order valence-corrected chi connectivity index (χ4v) is 2.30. The number of aliphatic hydroxyl groups excluding tert-OH is 2. The van der Waals surface area contributed by atoms with Gasteiger partial charge in [-0.05, 0) is 59.0 Å². The van der Waals surface area contributed by atoms with Gasteiger partial charge >= 0.3 is 0 Å². The number of halogens is 1. The van der Waals surface area contributed by atoms with Crippen molar-refractivity contribution in [3.8, 4) is 11.1 Å². The maximum absolute atomic E-state index is 9.23. The summed E-state index contributed by atoms with van der Waals surface area (Å²) in [7, 11) is 0. The molecule has 0 spiro atoms. The van der Waals surface area contributed by atoms with Crippen molar-refractivity contribution in [1.29, 1.82) is 0 Å². The van der Waals surface area contributed by atoms with E-state index in [1.54, 1.807) is 6.07 Å². The van der Waals surface area contributed by atoms with Gasteiger partial charge in [0.15, 0.2) is 0 Å². The standard InChI is InChI=1S/C15H15ClO2/c1-10-2-13(7-15(16)3-10)14-5-11(8-17)4-12(6-14)9-18/h2-7,17-18H,8-9H2,1H3. The molecule has 0 atom stereocenters. The predicted octanol–water partition coefficient (Wildman–Crippen LogP) is 3.30. The van der Waals surface area contributed by atoms with E-state index in [0.29, 0.717) is 5.02 Å². The van der Waals surface area contributed by atoms with Crippen molar-refractivity contribution in [3.63, 3.8) is 0 Å².